The number of aryl methyl sites for hydroxylation is 1. The van der Waals surface area contributed by atoms with Crippen molar-refractivity contribution in [2.45, 2.75) is 33.0 Å². The third kappa shape index (κ3) is 2.93. The normalized spacial score (nSPS) is 24.1. The molecule has 1 aromatic rings. The van der Waals surface area contributed by atoms with Gasteiger partial charge in [0.25, 0.3) is 5.91 Å². The summed E-state index contributed by atoms with van der Waals surface area (Å²) in [6, 6.07) is 5.81. The molecule has 1 heterocycles. The van der Waals surface area contributed by atoms with Crippen LogP contribution >= 0.6 is 15.9 Å². The SMILES string of the molecule is Cc1ccc(Br)cc1C(=O)N1CC(C)OC(C)C1. The van der Waals surface area contributed by atoms with E-state index in [2.05, 4.69) is 15.9 Å². The molecule has 18 heavy (non-hydrogen) atoms. The molecule has 2 unspecified atom stereocenters. The van der Waals surface area contributed by atoms with Crippen molar-refractivity contribution in [2.75, 3.05) is 13.1 Å². The third-order valence-electron chi connectivity index (χ3n) is 3.14. The quantitative estimate of drug-likeness (QED) is 0.798. The van der Waals surface area contributed by atoms with Gasteiger partial charge in [0.2, 0.25) is 0 Å². The van der Waals surface area contributed by atoms with E-state index in [1.807, 2.05) is 43.9 Å². The van der Waals surface area contributed by atoms with E-state index in [-0.39, 0.29) is 18.1 Å². The average Bonchev–Trinajstić information content (AvgIpc) is 2.30. The summed E-state index contributed by atoms with van der Waals surface area (Å²) in [5, 5.41) is 0. The zero-order chi connectivity index (χ0) is 13.3. The number of morpholine rings is 1. The first-order valence-corrected chi connectivity index (χ1v) is 6.97. The molecule has 0 aliphatic carbocycles. The zero-order valence-corrected chi connectivity index (χ0v) is 12.5. The zero-order valence-electron chi connectivity index (χ0n) is 10.9. The smallest absolute Gasteiger partial charge is 0.254 e. The fraction of sp³-hybridized carbons (Fsp3) is 0.500. The highest BCUT2D eigenvalue weighted by molar-refractivity contribution is 9.10. The Labute approximate surface area is 116 Å². The maximum atomic E-state index is 12.5. The molecular weight excluding hydrogens is 294 g/mol. The molecule has 0 aromatic heterocycles. The van der Waals surface area contributed by atoms with Gasteiger partial charge in [0, 0.05) is 23.1 Å². The summed E-state index contributed by atoms with van der Waals surface area (Å²) in [6.07, 6.45) is 0.204. The first-order valence-electron chi connectivity index (χ1n) is 6.18. The molecule has 1 aromatic carbocycles. The monoisotopic (exact) mass is 311 g/mol. The molecule has 1 fully saturated rings. The van der Waals surface area contributed by atoms with Gasteiger partial charge in [0.1, 0.15) is 0 Å². The van der Waals surface area contributed by atoms with Crippen LogP contribution in [-0.2, 0) is 4.74 Å². The fourth-order valence-electron chi connectivity index (χ4n) is 2.34. The van der Waals surface area contributed by atoms with Crippen LogP contribution in [0, 0.1) is 6.92 Å². The Morgan fingerprint density at radius 2 is 1.94 bits per heavy atom. The van der Waals surface area contributed by atoms with Crippen LogP contribution in [0.2, 0.25) is 0 Å². The second-order valence-corrected chi connectivity index (χ2v) is 5.84. The molecule has 0 N–H and O–H groups in total. The summed E-state index contributed by atoms with van der Waals surface area (Å²) >= 11 is 3.42. The molecule has 1 aliphatic heterocycles. The van der Waals surface area contributed by atoms with Gasteiger partial charge in [-0.05, 0) is 38.5 Å². The van der Waals surface area contributed by atoms with Gasteiger partial charge in [-0.2, -0.15) is 0 Å². The van der Waals surface area contributed by atoms with Gasteiger partial charge in [-0.1, -0.05) is 22.0 Å². The second-order valence-electron chi connectivity index (χ2n) is 4.93. The van der Waals surface area contributed by atoms with Crippen LogP contribution in [0.1, 0.15) is 29.8 Å². The molecule has 98 valence electrons. The minimum Gasteiger partial charge on any atom is -0.372 e. The van der Waals surface area contributed by atoms with Crippen molar-refractivity contribution < 1.29 is 9.53 Å². The van der Waals surface area contributed by atoms with Crippen LogP contribution in [0.5, 0.6) is 0 Å². The van der Waals surface area contributed by atoms with E-state index in [0.29, 0.717) is 13.1 Å². The molecule has 1 saturated heterocycles. The van der Waals surface area contributed by atoms with E-state index < -0.39 is 0 Å². The van der Waals surface area contributed by atoms with Crippen molar-refractivity contribution in [1.82, 2.24) is 4.90 Å². The Hall–Kier alpha value is -0.870. The first-order chi connectivity index (χ1) is 8.47. The van der Waals surface area contributed by atoms with E-state index in [9.17, 15) is 4.79 Å². The second kappa shape index (κ2) is 5.41. The Balaban J connectivity index is 2.22. The number of carbonyl (C=O) groups is 1. The van der Waals surface area contributed by atoms with E-state index in [0.717, 1.165) is 15.6 Å². The first kappa shape index (κ1) is 13.6. The van der Waals surface area contributed by atoms with Crippen molar-refractivity contribution in [1.29, 1.82) is 0 Å². The van der Waals surface area contributed by atoms with Gasteiger partial charge >= 0.3 is 0 Å². The lowest BCUT2D eigenvalue weighted by Crippen LogP contribution is -2.48. The number of amides is 1. The molecule has 1 amide bonds. The predicted molar refractivity (Wildman–Crippen MR) is 74.8 cm³/mol. The maximum absolute atomic E-state index is 12.5. The molecule has 0 spiro atoms. The molecule has 0 bridgehead atoms. The van der Waals surface area contributed by atoms with E-state index in [1.165, 1.54) is 0 Å². The number of carbonyl (C=O) groups excluding carboxylic acids is 1. The van der Waals surface area contributed by atoms with Crippen LogP contribution in [0.25, 0.3) is 0 Å². The summed E-state index contributed by atoms with van der Waals surface area (Å²) in [5.74, 6) is 0.0933. The van der Waals surface area contributed by atoms with Crippen LogP contribution < -0.4 is 0 Å². The summed E-state index contributed by atoms with van der Waals surface area (Å²) < 4.78 is 6.59. The predicted octanol–water partition coefficient (Wildman–Crippen LogP) is 3.01. The summed E-state index contributed by atoms with van der Waals surface area (Å²) in [4.78, 5) is 14.4. The van der Waals surface area contributed by atoms with Gasteiger partial charge in [0.05, 0.1) is 12.2 Å². The number of rotatable bonds is 1. The van der Waals surface area contributed by atoms with Crippen molar-refractivity contribution in [3.8, 4) is 0 Å². The van der Waals surface area contributed by atoms with Crippen LogP contribution in [0.4, 0.5) is 0 Å². The number of halogens is 1. The van der Waals surface area contributed by atoms with E-state index in [1.54, 1.807) is 0 Å². The van der Waals surface area contributed by atoms with Gasteiger partial charge in [-0.15, -0.1) is 0 Å². The number of hydrogen-bond donors (Lipinski definition) is 0. The lowest BCUT2D eigenvalue weighted by Gasteiger charge is -2.35. The highest BCUT2D eigenvalue weighted by Crippen LogP contribution is 2.20. The number of ether oxygens (including phenoxy) is 1. The van der Waals surface area contributed by atoms with Gasteiger partial charge in [-0.25, -0.2) is 0 Å². The maximum Gasteiger partial charge on any atom is 0.254 e. The Morgan fingerprint density at radius 1 is 1.33 bits per heavy atom. The standard InChI is InChI=1S/C14H18BrNO2/c1-9-4-5-12(15)6-13(9)14(17)16-7-10(2)18-11(3)8-16/h4-6,10-11H,7-8H2,1-3H3. The van der Waals surface area contributed by atoms with Crippen LogP contribution in [0.15, 0.2) is 22.7 Å². The molecular formula is C14H18BrNO2. The van der Waals surface area contributed by atoms with E-state index >= 15 is 0 Å². The largest absolute Gasteiger partial charge is 0.372 e. The molecule has 3 nitrogen and oxygen atoms in total. The molecule has 4 heteroatoms. The number of benzene rings is 1. The van der Waals surface area contributed by atoms with Crippen molar-refractivity contribution in [3.05, 3.63) is 33.8 Å². The Kier molecular flexibility index (Phi) is 4.07. The van der Waals surface area contributed by atoms with Crippen molar-refractivity contribution >= 4 is 21.8 Å². The summed E-state index contributed by atoms with van der Waals surface area (Å²) in [6.45, 7) is 7.30. The van der Waals surface area contributed by atoms with Crippen molar-refractivity contribution in [3.63, 3.8) is 0 Å². The molecule has 1 aliphatic rings. The number of nitrogens with zero attached hydrogens (tertiary/aromatic N) is 1. The third-order valence-corrected chi connectivity index (χ3v) is 3.63. The van der Waals surface area contributed by atoms with Gasteiger partial charge < -0.3 is 9.64 Å². The molecule has 2 rings (SSSR count). The molecule has 0 radical (unpaired) electrons. The lowest BCUT2D eigenvalue weighted by atomic mass is 10.1. The molecule has 0 saturated carbocycles. The van der Waals surface area contributed by atoms with E-state index in [4.69, 9.17) is 4.74 Å². The summed E-state index contributed by atoms with van der Waals surface area (Å²) in [7, 11) is 0. The Bertz CT molecular complexity index is 451. The topological polar surface area (TPSA) is 29.5 Å². The Morgan fingerprint density at radius 3 is 2.56 bits per heavy atom. The van der Waals surface area contributed by atoms with Crippen LogP contribution in [0.3, 0.4) is 0 Å². The van der Waals surface area contributed by atoms with Crippen molar-refractivity contribution in [2.24, 2.45) is 0 Å². The van der Waals surface area contributed by atoms with Gasteiger partial charge in [-0.3, -0.25) is 4.79 Å². The van der Waals surface area contributed by atoms with Crippen LogP contribution in [-0.4, -0.2) is 36.1 Å². The highest BCUT2D eigenvalue weighted by Gasteiger charge is 2.27. The minimum absolute atomic E-state index is 0.0933. The average molecular weight is 312 g/mol. The fourth-order valence-corrected chi connectivity index (χ4v) is 2.70. The lowest BCUT2D eigenvalue weighted by molar-refractivity contribution is -0.0586. The highest BCUT2D eigenvalue weighted by atomic mass is 79.9. The van der Waals surface area contributed by atoms with Gasteiger partial charge in [0.15, 0.2) is 0 Å². The minimum atomic E-state index is 0.0933. The number of hydrogen-bond acceptors (Lipinski definition) is 2. The summed E-state index contributed by atoms with van der Waals surface area (Å²) in [5.41, 5.74) is 1.78. The molecule has 2 atom stereocenters.